The Morgan fingerprint density at radius 3 is 2.55 bits per heavy atom. The molecule has 0 fully saturated rings. The van der Waals surface area contributed by atoms with Crippen molar-refractivity contribution < 1.29 is 4.74 Å². The van der Waals surface area contributed by atoms with Gasteiger partial charge in [-0.15, -0.1) is 22.9 Å². The fourth-order valence-corrected chi connectivity index (χ4v) is 3.46. The average Bonchev–Trinajstić information content (AvgIpc) is 2.88. The molecule has 3 heteroatoms. The summed E-state index contributed by atoms with van der Waals surface area (Å²) in [6, 6.07) is 12.5. The molecule has 20 heavy (non-hydrogen) atoms. The van der Waals surface area contributed by atoms with E-state index >= 15 is 0 Å². The third-order valence-corrected chi connectivity index (χ3v) is 5.37. The topological polar surface area (TPSA) is 9.23 Å². The maximum Gasteiger partial charge on any atom is 0.119 e. The lowest BCUT2D eigenvalue weighted by Gasteiger charge is -2.15. The van der Waals surface area contributed by atoms with Gasteiger partial charge in [-0.2, -0.15) is 0 Å². The number of thiophene rings is 1. The van der Waals surface area contributed by atoms with Crippen LogP contribution >= 0.6 is 22.9 Å². The van der Waals surface area contributed by atoms with Crippen LogP contribution in [0.1, 0.15) is 41.5 Å². The molecule has 2 rings (SSSR count). The number of halogens is 1. The Kier molecular flexibility index (Phi) is 4.77. The molecule has 0 spiro atoms. The number of alkyl halides is 1. The Morgan fingerprint density at radius 1 is 1.20 bits per heavy atom. The number of benzene rings is 1. The van der Waals surface area contributed by atoms with Gasteiger partial charge in [0.1, 0.15) is 5.75 Å². The summed E-state index contributed by atoms with van der Waals surface area (Å²) >= 11 is 8.38. The molecule has 1 atom stereocenters. The molecule has 2 aromatic rings. The predicted octanol–water partition coefficient (Wildman–Crippen LogP) is 5.58. The van der Waals surface area contributed by atoms with Crippen LogP contribution in [0.3, 0.4) is 0 Å². The molecule has 0 radical (unpaired) electrons. The molecule has 0 N–H and O–H groups in total. The molecular weight excluding hydrogens is 288 g/mol. The molecule has 1 nitrogen and oxygen atoms in total. The van der Waals surface area contributed by atoms with Crippen LogP contribution in [0.5, 0.6) is 5.75 Å². The van der Waals surface area contributed by atoms with Crippen molar-refractivity contribution in [3.05, 3.63) is 51.7 Å². The number of ether oxygens (including phenoxy) is 1. The molecule has 0 saturated heterocycles. The first-order valence-electron chi connectivity index (χ1n) is 6.77. The van der Waals surface area contributed by atoms with E-state index in [2.05, 4.69) is 39.0 Å². The van der Waals surface area contributed by atoms with Crippen LogP contribution < -0.4 is 4.74 Å². The first-order chi connectivity index (χ1) is 9.40. The molecule has 0 aliphatic carbocycles. The zero-order valence-electron chi connectivity index (χ0n) is 12.4. The van der Waals surface area contributed by atoms with E-state index in [1.807, 2.05) is 29.5 Å². The lowest BCUT2D eigenvalue weighted by molar-refractivity contribution is 0.414. The van der Waals surface area contributed by atoms with Crippen molar-refractivity contribution in [3.8, 4) is 5.75 Å². The van der Waals surface area contributed by atoms with E-state index in [4.69, 9.17) is 16.3 Å². The van der Waals surface area contributed by atoms with Gasteiger partial charge in [0, 0.05) is 9.75 Å². The number of methoxy groups -OCH3 is 1. The lowest BCUT2D eigenvalue weighted by atomic mass is 9.95. The fraction of sp³-hybridized carbons (Fsp3) is 0.412. The third-order valence-electron chi connectivity index (χ3n) is 3.22. The van der Waals surface area contributed by atoms with Crippen molar-refractivity contribution in [1.29, 1.82) is 0 Å². The summed E-state index contributed by atoms with van der Waals surface area (Å²) in [5.41, 5.74) is 1.39. The van der Waals surface area contributed by atoms with Crippen molar-refractivity contribution in [3.63, 3.8) is 0 Å². The summed E-state index contributed by atoms with van der Waals surface area (Å²) in [6.45, 7) is 6.69. The zero-order valence-corrected chi connectivity index (χ0v) is 14.0. The van der Waals surface area contributed by atoms with E-state index in [0.717, 1.165) is 12.2 Å². The number of hydrogen-bond donors (Lipinski definition) is 0. The van der Waals surface area contributed by atoms with Gasteiger partial charge in [0.05, 0.1) is 12.5 Å². The van der Waals surface area contributed by atoms with Crippen molar-refractivity contribution in [2.75, 3.05) is 7.11 Å². The van der Waals surface area contributed by atoms with Gasteiger partial charge in [0.25, 0.3) is 0 Å². The van der Waals surface area contributed by atoms with Gasteiger partial charge in [-0.1, -0.05) is 32.9 Å². The highest BCUT2D eigenvalue weighted by Crippen LogP contribution is 2.36. The molecule has 1 unspecified atom stereocenters. The smallest absolute Gasteiger partial charge is 0.119 e. The van der Waals surface area contributed by atoms with Gasteiger partial charge in [-0.25, -0.2) is 0 Å². The molecule has 0 bridgehead atoms. The molecule has 0 aliphatic heterocycles. The van der Waals surface area contributed by atoms with Crippen LogP contribution in [0.25, 0.3) is 0 Å². The average molecular weight is 309 g/mol. The molecular formula is C17H21ClOS. The molecule has 0 saturated carbocycles. The van der Waals surface area contributed by atoms with Crippen LogP contribution in [0.15, 0.2) is 36.4 Å². The highest BCUT2D eigenvalue weighted by molar-refractivity contribution is 7.12. The first kappa shape index (κ1) is 15.4. The summed E-state index contributed by atoms with van der Waals surface area (Å²) in [7, 11) is 1.69. The van der Waals surface area contributed by atoms with Crippen molar-refractivity contribution in [2.45, 2.75) is 38.0 Å². The van der Waals surface area contributed by atoms with Crippen molar-refractivity contribution in [1.82, 2.24) is 0 Å². The molecule has 1 aromatic heterocycles. The minimum atomic E-state index is 0.0169. The fourth-order valence-electron chi connectivity index (χ4n) is 2.03. The van der Waals surface area contributed by atoms with Crippen molar-refractivity contribution >= 4 is 22.9 Å². The third kappa shape index (κ3) is 3.77. The zero-order chi connectivity index (χ0) is 14.8. The van der Waals surface area contributed by atoms with Crippen LogP contribution in [-0.2, 0) is 11.8 Å². The second-order valence-electron chi connectivity index (χ2n) is 5.98. The molecule has 1 aromatic carbocycles. The standard InChI is InChI=1S/C17H21ClOS/c1-17(2,3)16-9-8-15(20-16)14(18)11-12-6-5-7-13(10-12)19-4/h5-10,14H,11H2,1-4H3. The van der Waals surface area contributed by atoms with Gasteiger partial charge in [-0.05, 0) is 41.7 Å². The number of rotatable bonds is 4. The van der Waals surface area contributed by atoms with Gasteiger partial charge in [-0.3, -0.25) is 0 Å². The van der Waals surface area contributed by atoms with Gasteiger partial charge < -0.3 is 4.74 Å². The Labute approximate surface area is 130 Å². The van der Waals surface area contributed by atoms with Crippen LogP contribution in [-0.4, -0.2) is 7.11 Å². The predicted molar refractivity (Wildman–Crippen MR) is 88.3 cm³/mol. The summed E-state index contributed by atoms with van der Waals surface area (Å²) in [5.74, 6) is 0.882. The molecule has 0 amide bonds. The summed E-state index contributed by atoms with van der Waals surface area (Å²) in [5, 5.41) is 0.0169. The highest BCUT2D eigenvalue weighted by atomic mass is 35.5. The Hall–Kier alpha value is -0.990. The van der Waals surface area contributed by atoms with Crippen LogP contribution in [0.2, 0.25) is 0 Å². The van der Waals surface area contributed by atoms with Crippen LogP contribution in [0, 0.1) is 0 Å². The second-order valence-corrected chi connectivity index (χ2v) is 7.62. The van der Waals surface area contributed by atoms with Gasteiger partial charge in [0.2, 0.25) is 0 Å². The molecule has 1 heterocycles. The van der Waals surface area contributed by atoms with Crippen LogP contribution in [0.4, 0.5) is 0 Å². The minimum Gasteiger partial charge on any atom is -0.497 e. The summed E-state index contributed by atoms with van der Waals surface area (Å²) in [6.07, 6.45) is 0.822. The highest BCUT2D eigenvalue weighted by Gasteiger charge is 2.19. The van der Waals surface area contributed by atoms with Crippen molar-refractivity contribution in [2.24, 2.45) is 0 Å². The number of hydrogen-bond acceptors (Lipinski definition) is 2. The molecule has 0 aliphatic rings. The normalized spacial score (nSPS) is 13.2. The summed E-state index contributed by atoms with van der Waals surface area (Å²) < 4.78 is 5.25. The first-order valence-corrected chi connectivity index (χ1v) is 8.02. The second kappa shape index (κ2) is 6.19. The van der Waals surface area contributed by atoms with E-state index in [1.165, 1.54) is 15.3 Å². The van der Waals surface area contributed by atoms with E-state index in [-0.39, 0.29) is 10.8 Å². The van der Waals surface area contributed by atoms with E-state index in [9.17, 15) is 0 Å². The van der Waals surface area contributed by atoms with Gasteiger partial charge in [0.15, 0.2) is 0 Å². The maximum atomic E-state index is 6.57. The van der Waals surface area contributed by atoms with E-state index in [1.54, 1.807) is 7.11 Å². The maximum absolute atomic E-state index is 6.57. The quantitative estimate of drug-likeness (QED) is 0.670. The SMILES string of the molecule is COc1cccc(CC(Cl)c2ccc(C(C)(C)C)s2)c1. The largest absolute Gasteiger partial charge is 0.497 e. The minimum absolute atomic E-state index is 0.0169. The summed E-state index contributed by atoms with van der Waals surface area (Å²) in [4.78, 5) is 2.61. The van der Waals surface area contributed by atoms with E-state index < -0.39 is 0 Å². The monoisotopic (exact) mass is 308 g/mol. The lowest BCUT2D eigenvalue weighted by Crippen LogP contribution is -2.07. The molecule has 108 valence electrons. The Morgan fingerprint density at radius 2 is 1.95 bits per heavy atom. The Bertz CT molecular complexity index is 568. The Balaban J connectivity index is 2.11. The van der Waals surface area contributed by atoms with Gasteiger partial charge >= 0.3 is 0 Å². The van der Waals surface area contributed by atoms with E-state index in [0.29, 0.717) is 0 Å².